The van der Waals surface area contributed by atoms with Gasteiger partial charge in [-0.05, 0) is 30.5 Å². The molecule has 1 saturated heterocycles. The Morgan fingerprint density at radius 1 is 1.55 bits per heavy atom. The molecule has 22 heavy (non-hydrogen) atoms. The summed E-state index contributed by atoms with van der Waals surface area (Å²) in [7, 11) is 0. The standard InChI is InChI=1S/C14H15ClFN3OS2/c15-10-5-13(22-18-14-17-2-4-21-14)11(16)6-12(10)19-3-1-9(7-19)8-20/h2,4-6,9,20H,1,3,7-8H2,(H,17,18). The van der Waals surface area contributed by atoms with Gasteiger partial charge in [0, 0.05) is 37.2 Å². The predicted molar refractivity (Wildman–Crippen MR) is 90.4 cm³/mol. The third-order valence-electron chi connectivity index (χ3n) is 3.57. The number of thiazole rings is 1. The van der Waals surface area contributed by atoms with Crippen molar-refractivity contribution in [1.82, 2.24) is 4.98 Å². The van der Waals surface area contributed by atoms with Gasteiger partial charge in [0.2, 0.25) is 0 Å². The SMILES string of the molecule is OCC1CCN(c2cc(F)c(SNc3nccs3)cc2Cl)C1. The molecule has 0 aliphatic carbocycles. The van der Waals surface area contributed by atoms with Crippen LogP contribution < -0.4 is 9.62 Å². The Morgan fingerprint density at radius 2 is 2.41 bits per heavy atom. The molecule has 1 atom stereocenters. The summed E-state index contributed by atoms with van der Waals surface area (Å²) in [5, 5.41) is 12.3. The van der Waals surface area contributed by atoms with E-state index in [0.29, 0.717) is 22.2 Å². The van der Waals surface area contributed by atoms with Crippen LogP contribution in [0.3, 0.4) is 0 Å². The van der Waals surface area contributed by atoms with Crippen molar-refractivity contribution >= 4 is 45.7 Å². The summed E-state index contributed by atoms with van der Waals surface area (Å²) in [4.78, 5) is 6.54. The summed E-state index contributed by atoms with van der Waals surface area (Å²) in [6, 6.07) is 3.09. The average Bonchev–Trinajstić information content (AvgIpc) is 3.18. The minimum atomic E-state index is -0.319. The topological polar surface area (TPSA) is 48.4 Å². The van der Waals surface area contributed by atoms with E-state index < -0.39 is 0 Å². The van der Waals surface area contributed by atoms with E-state index in [9.17, 15) is 9.50 Å². The van der Waals surface area contributed by atoms with Crippen molar-refractivity contribution in [3.8, 4) is 0 Å². The second kappa shape index (κ2) is 7.04. The second-order valence-electron chi connectivity index (χ2n) is 5.06. The van der Waals surface area contributed by atoms with Crippen LogP contribution in [0.1, 0.15) is 6.42 Å². The fourth-order valence-electron chi connectivity index (χ4n) is 2.41. The molecule has 1 fully saturated rings. The first-order valence-electron chi connectivity index (χ1n) is 6.84. The molecule has 0 saturated carbocycles. The number of rotatable bonds is 5. The van der Waals surface area contributed by atoms with Gasteiger partial charge in [-0.2, -0.15) is 0 Å². The van der Waals surface area contributed by atoms with E-state index in [4.69, 9.17) is 11.6 Å². The molecule has 1 aromatic heterocycles. The van der Waals surface area contributed by atoms with Gasteiger partial charge < -0.3 is 14.7 Å². The van der Waals surface area contributed by atoms with E-state index in [2.05, 4.69) is 9.71 Å². The first-order valence-corrected chi connectivity index (χ1v) is 8.92. The van der Waals surface area contributed by atoms with E-state index >= 15 is 0 Å². The molecule has 2 N–H and O–H groups in total. The van der Waals surface area contributed by atoms with E-state index in [1.165, 1.54) is 17.4 Å². The van der Waals surface area contributed by atoms with Gasteiger partial charge in [0.15, 0.2) is 5.13 Å². The van der Waals surface area contributed by atoms with Crippen molar-refractivity contribution < 1.29 is 9.50 Å². The largest absolute Gasteiger partial charge is 0.396 e. The van der Waals surface area contributed by atoms with Crippen molar-refractivity contribution in [2.75, 3.05) is 29.3 Å². The van der Waals surface area contributed by atoms with E-state index in [1.807, 2.05) is 10.3 Å². The summed E-state index contributed by atoms with van der Waals surface area (Å²) in [6.07, 6.45) is 2.58. The highest BCUT2D eigenvalue weighted by atomic mass is 35.5. The van der Waals surface area contributed by atoms with Crippen LogP contribution in [0.15, 0.2) is 28.6 Å². The molecule has 0 spiro atoms. The van der Waals surface area contributed by atoms with Gasteiger partial charge in [-0.15, -0.1) is 11.3 Å². The van der Waals surface area contributed by atoms with Crippen LogP contribution in [0, 0.1) is 11.7 Å². The van der Waals surface area contributed by atoms with Gasteiger partial charge >= 0.3 is 0 Å². The van der Waals surface area contributed by atoms with E-state index in [1.54, 1.807) is 12.3 Å². The Bertz CT molecular complexity index is 641. The van der Waals surface area contributed by atoms with Crippen LogP contribution in [0.5, 0.6) is 0 Å². The number of halogens is 2. The third-order valence-corrected chi connectivity index (χ3v) is 5.52. The van der Waals surface area contributed by atoms with Gasteiger partial charge in [-0.1, -0.05) is 11.6 Å². The highest BCUT2D eigenvalue weighted by Gasteiger charge is 2.24. The normalized spacial score (nSPS) is 18.0. The zero-order valence-electron chi connectivity index (χ0n) is 11.6. The molecule has 0 amide bonds. The molecule has 1 aliphatic heterocycles. The van der Waals surface area contributed by atoms with Gasteiger partial charge in [-0.25, -0.2) is 9.37 Å². The number of aliphatic hydroxyl groups is 1. The maximum absolute atomic E-state index is 14.3. The minimum Gasteiger partial charge on any atom is -0.396 e. The van der Waals surface area contributed by atoms with Gasteiger partial charge in [0.05, 0.1) is 15.6 Å². The number of hydrogen-bond acceptors (Lipinski definition) is 6. The second-order valence-corrected chi connectivity index (χ2v) is 7.21. The highest BCUT2D eigenvalue weighted by Crippen LogP contribution is 2.36. The van der Waals surface area contributed by atoms with Crippen LogP contribution in [-0.2, 0) is 0 Å². The van der Waals surface area contributed by atoms with Gasteiger partial charge in [-0.3, -0.25) is 0 Å². The van der Waals surface area contributed by atoms with Crippen molar-refractivity contribution in [3.63, 3.8) is 0 Å². The van der Waals surface area contributed by atoms with Crippen LogP contribution in [-0.4, -0.2) is 29.8 Å². The molecule has 118 valence electrons. The van der Waals surface area contributed by atoms with Crippen LogP contribution in [0.4, 0.5) is 15.2 Å². The predicted octanol–water partition coefficient (Wildman–Crippen LogP) is 3.87. The van der Waals surface area contributed by atoms with Crippen molar-refractivity contribution in [2.45, 2.75) is 11.3 Å². The number of benzene rings is 1. The summed E-state index contributed by atoms with van der Waals surface area (Å²) in [5.74, 6) is -0.0827. The average molecular weight is 360 g/mol. The van der Waals surface area contributed by atoms with Crippen molar-refractivity contribution in [3.05, 3.63) is 34.5 Å². The first-order chi connectivity index (χ1) is 10.7. The summed E-state index contributed by atoms with van der Waals surface area (Å²) in [5.41, 5.74) is 0.689. The Kier molecular flexibility index (Phi) is 5.07. The number of hydrogen-bond donors (Lipinski definition) is 2. The number of nitrogens with one attached hydrogen (secondary N) is 1. The van der Waals surface area contributed by atoms with Crippen molar-refractivity contribution in [2.24, 2.45) is 5.92 Å². The monoisotopic (exact) mass is 359 g/mol. The number of aromatic nitrogens is 1. The lowest BCUT2D eigenvalue weighted by Crippen LogP contribution is -2.21. The lowest BCUT2D eigenvalue weighted by atomic mass is 10.1. The van der Waals surface area contributed by atoms with E-state index in [0.717, 1.165) is 30.0 Å². The Morgan fingerprint density at radius 3 is 3.09 bits per heavy atom. The highest BCUT2D eigenvalue weighted by molar-refractivity contribution is 8.00. The lowest BCUT2D eigenvalue weighted by molar-refractivity contribution is 0.238. The minimum absolute atomic E-state index is 0.155. The molecule has 8 heteroatoms. The Balaban J connectivity index is 1.73. The molecule has 0 radical (unpaired) electrons. The summed E-state index contributed by atoms with van der Waals surface area (Å²) < 4.78 is 17.3. The molecule has 2 aromatic rings. The Labute approximate surface area is 141 Å². The zero-order chi connectivity index (χ0) is 15.5. The number of anilines is 2. The van der Waals surface area contributed by atoms with Gasteiger partial charge in [0.25, 0.3) is 0 Å². The zero-order valence-corrected chi connectivity index (χ0v) is 14.0. The van der Waals surface area contributed by atoms with Crippen LogP contribution in [0.25, 0.3) is 0 Å². The van der Waals surface area contributed by atoms with Crippen LogP contribution >= 0.6 is 34.9 Å². The molecular formula is C14H15ClFN3OS2. The smallest absolute Gasteiger partial charge is 0.192 e. The molecule has 4 nitrogen and oxygen atoms in total. The van der Waals surface area contributed by atoms with Crippen LogP contribution in [0.2, 0.25) is 5.02 Å². The molecule has 3 rings (SSSR count). The maximum Gasteiger partial charge on any atom is 0.192 e. The molecular weight excluding hydrogens is 345 g/mol. The summed E-state index contributed by atoms with van der Waals surface area (Å²) >= 11 is 8.91. The molecule has 1 aromatic carbocycles. The molecule has 0 bridgehead atoms. The summed E-state index contributed by atoms with van der Waals surface area (Å²) in [6.45, 7) is 1.65. The first kappa shape index (κ1) is 15.9. The maximum atomic E-state index is 14.3. The van der Waals surface area contributed by atoms with E-state index in [-0.39, 0.29) is 18.3 Å². The molecule has 1 aliphatic rings. The fraction of sp³-hybridized carbons (Fsp3) is 0.357. The Hall–Kier alpha value is -1.02. The lowest BCUT2D eigenvalue weighted by Gasteiger charge is -2.20. The third kappa shape index (κ3) is 3.48. The molecule has 1 unspecified atom stereocenters. The fourth-order valence-corrected chi connectivity index (χ4v) is 4.03. The van der Waals surface area contributed by atoms with Gasteiger partial charge in [0.1, 0.15) is 5.82 Å². The van der Waals surface area contributed by atoms with Crippen molar-refractivity contribution in [1.29, 1.82) is 0 Å². The molecule has 2 heterocycles. The number of aliphatic hydroxyl groups excluding tert-OH is 1. The number of nitrogens with zero attached hydrogens (tertiary/aromatic N) is 2. The quantitative estimate of drug-likeness (QED) is 0.793.